The lowest BCUT2D eigenvalue weighted by atomic mass is 9.87. The zero-order valence-corrected chi connectivity index (χ0v) is 8.81. The third kappa shape index (κ3) is 1.33. The predicted molar refractivity (Wildman–Crippen MR) is 53.5 cm³/mol. The van der Waals surface area contributed by atoms with Crippen molar-refractivity contribution in [3.8, 4) is 0 Å². The number of carbonyl (C=O) groups excluding carboxylic acids is 1. The molecule has 0 radical (unpaired) electrons. The van der Waals surface area contributed by atoms with Crippen molar-refractivity contribution in [1.29, 1.82) is 0 Å². The van der Waals surface area contributed by atoms with Gasteiger partial charge in [-0.2, -0.15) is 0 Å². The van der Waals surface area contributed by atoms with Crippen molar-refractivity contribution in [2.24, 2.45) is 0 Å². The maximum absolute atomic E-state index is 11.4. The standard InChI is InChI=1S/C11H15NO2/c1-11(2,3)9-7-4-5-14-10(13)8(7)6-12-9/h6,12H,4-5H2,1-3H3. The largest absolute Gasteiger partial charge is 0.462 e. The minimum atomic E-state index is -0.196. The van der Waals surface area contributed by atoms with E-state index >= 15 is 0 Å². The van der Waals surface area contributed by atoms with Gasteiger partial charge in [-0.05, 0) is 5.56 Å². The molecule has 0 unspecified atom stereocenters. The third-order valence-electron chi connectivity index (χ3n) is 2.54. The maximum Gasteiger partial charge on any atom is 0.339 e. The van der Waals surface area contributed by atoms with Gasteiger partial charge in [0.15, 0.2) is 0 Å². The molecule has 1 aliphatic rings. The average molecular weight is 193 g/mol. The van der Waals surface area contributed by atoms with Crippen LogP contribution in [0.15, 0.2) is 6.20 Å². The molecule has 0 saturated carbocycles. The van der Waals surface area contributed by atoms with Gasteiger partial charge in [-0.15, -0.1) is 0 Å². The summed E-state index contributed by atoms with van der Waals surface area (Å²) in [5.41, 5.74) is 3.06. The Morgan fingerprint density at radius 1 is 1.43 bits per heavy atom. The van der Waals surface area contributed by atoms with Crippen LogP contribution in [0.5, 0.6) is 0 Å². The van der Waals surface area contributed by atoms with Crippen molar-refractivity contribution in [3.63, 3.8) is 0 Å². The molecule has 0 aromatic carbocycles. The van der Waals surface area contributed by atoms with E-state index in [0.717, 1.165) is 17.7 Å². The van der Waals surface area contributed by atoms with E-state index in [0.29, 0.717) is 12.2 Å². The number of rotatable bonds is 0. The molecule has 2 rings (SSSR count). The summed E-state index contributed by atoms with van der Waals surface area (Å²) in [6.45, 7) is 6.92. The van der Waals surface area contributed by atoms with Gasteiger partial charge in [0.2, 0.25) is 0 Å². The first kappa shape index (κ1) is 9.31. The second kappa shape index (κ2) is 2.87. The SMILES string of the molecule is CC(C)(C)c1[nH]cc2c1CCOC2=O. The zero-order chi connectivity index (χ0) is 10.3. The van der Waals surface area contributed by atoms with Crippen LogP contribution in [0.2, 0.25) is 0 Å². The van der Waals surface area contributed by atoms with Crippen molar-refractivity contribution in [2.75, 3.05) is 6.61 Å². The van der Waals surface area contributed by atoms with Crippen LogP contribution in [0.4, 0.5) is 0 Å². The highest BCUT2D eigenvalue weighted by Crippen LogP contribution is 2.29. The van der Waals surface area contributed by atoms with Gasteiger partial charge >= 0.3 is 5.97 Å². The molecule has 3 nitrogen and oxygen atoms in total. The van der Waals surface area contributed by atoms with Gasteiger partial charge < -0.3 is 9.72 Å². The fraction of sp³-hybridized carbons (Fsp3) is 0.545. The van der Waals surface area contributed by atoms with Gasteiger partial charge in [0.25, 0.3) is 0 Å². The normalized spacial score (nSPS) is 16.4. The van der Waals surface area contributed by atoms with E-state index in [9.17, 15) is 4.79 Å². The van der Waals surface area contributed by atoms with Crippen molar-refractivity contribution >= 4 is 5.97 Å². The third-order valence-corrected chi connectivity index (χ3v) is 2.54. The van der Waals surface area contributed by atoms with E-state index in [1.807, 2.05) is 0 Å². The number of ether oxygens (including phenoxy) is 1. The molecular weight excluding hydrogens is 178 g/mol. The molecule has 0 spiro atoms. The predicted octanol–water partition coefficient (Wildman–Crippen LogP) is 2.03. The average Bonchev–Trinajstić information content (AvgIpc) is 2.47. The number of cyclic esters (lactones) is 1. The highest BCUT2D eigenvalue weighted by atomic mass is 16.5. The minimum Gasteiger partial charge on any atom is -0.462 e. The molecule has 14 heavy (non-hydrogen) atoms. The first-order chi connectivity index (χ1) is 6.50. The summed E-state index contributed by atoms with van der Waals surface area (Å²) in [6.07, 6.45) is 2.59. The van der Waals surface area contributed by atoms with Crippen LogP contribution >= 0.6 is 0 Å². The summed E-state index contributed by atoms with van der Waals surface area (Å²) in [7, 11) is 0. The molecule has 76 valence electrons. The number of aromatic nitrogens is 1. The van der Waals surface area contributed by atoms with Crippen LogP contribution in [0.25, 0.3) is 0 Å². The number of hydrogen-bond donors (Lipinski definition) is 1. The number of hydrogen-bond acceptors (Lipinski definition) is 2. The molecule has 1 N–H and O–H groups in total. The number of aromatic amines is 1. The molecule has 3 heteroatoms. The van der Waals surface area contributed by atoms with Gasteiger partial charge in [0.05, 0.1) is 12.2 Å². The fourth-order valence-electron chi connectivity index (χ4n) is 1.89. The van der Waals surface area contributed by atoms with Crippen molar-refractivity contribution in [3.05, 3.63) is 23.0 Å². The molecule has 0 fully saturated rings. The number of fused-ring (bicyclic) bond motifs is 1. The second-order valence-electron chi connectivity index (χ2n) is 4.69. The Balaban J connectivity index is 2.51. The van der Waals surface area contributed by atoms with Gasteiger partial charge in [0, 0.05) is 23.7 Å². The summed E-state index contributed by atoms with van der Waals surface area (Å²) >= 11 is 0. The van der Waals surface area contributed by atoms with Crippen LogP contribution in [-0.4, -0.2) is 17.6 Å². The van der Waals surface area contributed by atoms with Crippen LogP contribution in [0, 0.1) is 0 Å². The van der Waals surface area contributed by atoms with Crippen molar-refractivity contribution in [1.82, 2.24) is 4.98 Å². The number of esters is 1. The Morgan fingerprint density at radius 3 is 2.79 bits per heavy atom. The van der Waals surface area contributed by atoms with Gasteiger partial charge in [-0.25, -0.2) is 4.79 Å². The number of carbonyl (C=O) groups is 1. The lowest BCUT2D eigenvalue weighted by molar-refractivity contribution is 0.0481. The Morgan fingerprint density at radius 2 is 2.14 bits per heavy atom. The summed E-state index contributed by atoms with van der Waals surface area (Å²) in [5.74, 6) is -0.196. The number of H-pyrrole nitrogens is 1. The van der Waals surface area contributed by atoms with Gasteiger partial charge in [-0.1, -0.05) is 20.8 Å². The van der Waals surface area contributed by atoms with E-state index in [1.54, 1.807) is 6.20 Å². The molecule has 2 heterocycles. The summed E-state index contributed by atoms with van der Waals surface area (Å²) in [5, 5.41) is 0. The fourth-order valence-corrected chi connectivity index (χ4v) is 1.89. The Labute approximate surface area is 83.5 Å². The molecule has 0 aliphatic carbocycles. The highest BCUT2D eigenvalue weighted by molar-refractivity contribution is 5.92. The lowest BCUT2D eigenvalue weighted by Gasteiger charge is -2.21. The zero-order valence-electron chi connectivity index (χ0n) is 8.81. The summed E-state index contributed by atoms with van der Waals surface area (Å²) in [4.78, 5) is 14.6. The Hall–Kier alpha value is -1.25. The van der Waals surface area contributed by atoms with Crippen LogP contribution < -0.4 is 0 Å². The molecule has 0 bridgehead atoms. The molecule has 0 saturated heterocycles. The van der Waals surface area contributed by atoms with E-state index in [-0.39, 0.29) is 11.4 Å². The van der Waals surface area contributed by atoms with Crippen LogP contribution in [0.1, 0.15) is 42.4 Å². The molecule has 1 aromatic heterocycles. The molecular formula is C11H15NO2. The maximum atomic E-state index is 11.4. The van der Waals surface area contributed by atoms with E-state index in [1.165, 1.54) is 0 Å². The van der Waals surface area contributed by atoms with E-state index in [2.05, 4.69) is 25.8 Å². The van der Waals surface area contributed by atoms with Crippen molar-refractivity contribution in [2.45, 2.75) is 32.6 Å². The molecule has 0 atom stereocenters. The van der Waals surface area contributed by atoms with Crippen molar-refractivity contribution < 1.29 is 9.53 Å². The van der Waals surface area contributed by atoms with E-state index < -0.39 is 0 Å². The van der Waals surface area contributed by atoms with Crippen LogP contribution in [-0.2, 0) is 16.6 Å². The Kier molecular flexibility index (Phi) is 1.91. The smallest absolute Gasteiger partial charge is 0.339 e. The first-order valence-electron chi connectivity index (χ1n) is 4.88. The quantitative estimate of drug-likeness (QED) is 0.640. The molecule has 0 amide bonds. The van der Waals surface area contributed by atoms with Crippen LogP contribution in [0.3, 0.4) is 0 Å². The topological polar surface area (TPSA) is 42.1 Å². The van der Waals surface area contributed by atoms with Gasteiger partial charge in [0.1, 0.15) is 0 Å². The Bertz CT molecular complexity index is 371. The second-order valence-corrected chi connectivity index (χ2v) is 4.69. The first-order valence-corrected chi connectivity index (χ1v) is 4.88. The summed E-state index contributed by atoms with van der Waals surface area (Å²) in [6, 6.07) is 0. The number of nitrogens with one attached hydrogen (secondary N) is 1. The van der Waals surface area contributed by atoms with E-state index in [4.69, 9.17) is 4.74 Å². The monoisotopic (exact) mass is 193 g/mol. The lowest BCUT2D eigenvalue weighted by Crippen LogP contribution is -2.20. The summed E-state index contributed by atoms with van der Waals surface area (Å²) < 4.78 is 4.97. The molecule has 1 aliphatic heterocycles. The highest BCUT2D eigenvalue weighted by Gasteiger charge is 2.28. The minimum absolute atomic E-state index is 0.0607. The van der Waals surface area contributed by atoms with Gasteiger partial charge in [-0.3, -0.25) is 0 Å². The molecule has 1 aromatic rings.